The maximum atomic E-state index is 10.5. The van der Waals surface area contributed by atoms with E-state index < -0.39 is 0 Å². The average molecular weight is 416 g/mol. The third-order valence-corrected chi connectivity index (χ3v) is 7.93. The zero-order valence-electron chi connectivity index (χ0n) is 17.4. The maximum Gasteiger partial charge on any atom is 0.130 e. The molecule has 1 N–H and O–H groups in total. The molecule has 4 heteroatoms. The Morgan fingerprint density at radius 1 is 1.07 bits per heavy atom. The summed E-state index contributed by atoms with van der Waals surface area (Å²) in [6.45, 7) is 5.64. The first-order chi connectivity index (χ1) is 13.6. The smallest absolute Gasteiger partial charge is 0.130 e. The van der Waals surface area contributed by atoms with E-state index in [1.54, 1.807) is 11.8 Å². The highest BCUT2D eigenvalue weighted by atomic mass is 32.2. The molecule has 0 radical (unpaired) electrons. The van der Waals surface area contributed by atoms with Crippen molar-refractivity contribution in [3.8, 4) is 5.75 Å². The molecule has 0 aliphatic carbocycles. The Morgan fingerprint density at radius 2 is 1.75 bits per heavy atom. The van der Waals surface area contributed by atoms with Crippen molar-refractivity contribution in [2.45, 2.75) is 62.2 Å². The van der Waals surface area contributed by atoms with E-state index in [4.69, 9.17) is 0 Å². The maximum absolute atomic E-state index is 10.5. The number of phenols is 1. The summed E-state index contributed by atoms with van der Waals surface area (Å²) in [6, 6.07) is 14.9. The van der Waals surface area contributed by atoms with Crippen LogP contribution in [0.4, 0.5) is 11.4 Å². The molecule has 0 bridgehead atoms. The van der Waals surface area contributed by atoms with Gasteiger partial charge in [0.2, 0.25) is 0 Å². The van der Waals surface area contributed by atoms with Crippen LogP contribution in [0.1, 0.15) is 52.4 Å². The van der Waals surface area contributed by atoms with Crippen LogP contribution in [-0.2, 0) is 0 Å². The lowest BCUT2D eigenvalue weighted by Crippen LogP contribution is -2.36. The quantitative estimate of drug-likeness (QED) is 0.446. The summed E-state index contributed by atoms with van der Waals surface area (Å²) in [5, 5.41) is 10.5. The van der Waals surface area contributed by atoms with Crippen LogP contribution in [0.5, 0.6) is 5.75 Å². The molecule has 1 aliphatic heterocycles. The number of phenolic OH excluding ortho intramolecular Hbond substituents is 1. The first-order valence-corrected chi connectivity index (χ1v) is 12.7. The van der Waals surface area contributed by atoms with E-state index in [1.165, 1.54) is 54.8 Å². The molecule has 0 fully saturated rings. The zero-order valence-corrected chi connectivity index (χ0v) is 19.0. The van der Waals surface area contributed by atoms with E-state index in [-0.39, 0.29) is 0 Å². The number of rotatable bonds is 8. The molecular formula is C24H33NOS2. The molecule has 2 aromatic rings. The summed E-state index contributed by atoms with van der Waals surface area (Å²) >= 11 is 3.55. The highest BCUT2D eigenvalue weighted by Gasteiger charge is 2.36. The van der Waals surface area contributed by atoms with Gasteiger partial charge < -0.3 is 10.0 Å². The fourth-order valence-electron chi connectivity index (χ4n) is 4.09. The van der Waals surface area contributed by atoms with Gasteiger partial charge in [-0.25, -0.2) is 0 Å². The normalized spacial score (nSPS) is 15.9. The lowest BCUT2D eigenvalue weighted by molar-refractivity contribution is 0.274. The van der Waals surface area contributed by atoms with Crippen molar-refractivity contribution in [1.29, 1.82) is 0 Å². The van der Waals surface area contributed by atoms with Crippen LogP contribution < -0.4 is 4.90 Å². The van der Waals surface area contributed by atoms with E-state index >= 15 is 0 Å². The monoisotopic (exact) mass is 415 g/mol. The third-order valence-electron chi connectivity index (χ3n) is 5.77. The summed E-state index contributed by atoms with van der Waals surface area (Å²) in [5.41, 5.74) is 2.80. The van der Waals surface area contributed by atoms with Gasteiger partial charge in [0.25, 0.3) is 0 Å². The average Bonchev–Trinajstić information content (AvgIpc) is 2.88. The largest absolute Gasteiger partial charge is 0.507 e. The summed E-state index contributed by atoms with van der Waals surface area (Å²) < 4.78 is 0. The number of unbranched alkanes of at least 4 members (excludes halogenated alkanes) is 2. The van der Waals surface area contributed by atoms with E-state index in [0.717, 1.165) is 17.2 Å². The lowest BCUT2D eigenvalue weighted by Gasteiger charge is -2.37. The van der Waals surface area contributed by atoms with Gasteiger partial charge >= 0.3 is 0 Å². The number of thioether (sulfide) groups is 2. The fourth-order valence-corrected chi connectivity index (χ4v) is 5.95. The van der Waals surface area contributed by atoms with Crippen LogP contribution in [0.25, 0.3) is 0 Å². The summed E-state index contributed by atoms with van der Waals surface area (Å²) in [5.74, 6) is 1.53. The molecule has 2 nitrogen and oxygen atoms in total. The van der Waals surface area contributed by atoms with Crippen LogP contribution in [0.2, 0.25) is 0 Å². The number of benzene rings is 2. The second kappa shape index (κ2) is 9.98. The second-order valence-electron chi connectivity index (χ2n) is 7.91. The van der Waals surface area contributed by atoms with Crippen molar-refractivity contribution in [3.63, 3.8) is 0 Å². The SMILES string of the molecule is CCCCC1(CCCC)CSc2cc(O)c(SC)cc2N(c2ccccc2)C1. The predicted molar refractivity (Wildman–Crippen MR) is 126 cm³/mol. The summed E-state index contributed by atoms with van der Waals surface area (Å²) in [4.78, 5) is 4.67. The van der Waals surface area contributed by atoms with Crippen molar-refractivity contribution in [2.75, 3.05) is 23.5 Å². The molecule has 152 valence electrons. The number of fused-ring (bicyclic) bond motifs is 1. The predicted octanol–water partition coefficient (Wildman–Crippen LogP) is 7.72. The molecule has 28 heavy (non-hydrogen) atoms. The van der Waals surface area contributed by atoms with Gasteiger partial charge in [0.1, 0.15) is 5.75 Å². The standard InChI is InChI=1S/C24H33NOS2/c1-4-6-13-24(14-7-5-2)17-25(19-11-9-8-10-12-19)20-15-23(27-3)21(26)16-22(20)28-18-24/h8-12,15-16,26H,4-7,13-14,17-18H2,1-3H3. The Kier molecular flexibility index (Phi) is 7.64. The van der Waals surface area contributed by atoms with E-state index in [2.05, 4.69) is 55.1 Å². The molecule has 0 aromatic heterocycles. The van der Waals surface area contributed by atoms with E-state index in [9.17, 15) is 5.11 Å². The molecule has 0 unspecified atom stereocenters. The van der Waals surface area contributed by atoms with Gasteiger partial charge in [-0.15, -0.1) is 23.5 Å². The lowest BCUT2D eigenvalue weighted by atomic mass is 9.79. The number of para-hydroxylation sites is 1. The van der Waals surface area contributed by atoms with Crippen molar-refractivity contribution in [2.24, 2.45) is 5.41 Å². The molecule has 0 saturated carbocycles. The fraction of sp³-hybridized carbons (Fsp3) is 0.500. The number of hydrogen-bond acceptors (Lipinski definition) is 4. The molecule has 1 aliphatic rings. The number of aromatic hydroxyl groups is 1. The minimum Gasteiger partial charge on any atom is -0.507 e. The van der Waals surface area contributed by atoms with Gasteiger partial charge in [0.05, 0.1) is 10.6 Å². The van der Waals surface area contributed by atoms with Gasteiger partial charge in [-0.1, -0.05) is 57.7 Å². The first kappa shape index (κ1) is 21.4. The second-order valence-corrected chi connectivity index (χ2v) is 9.77. The Hall–Kier alpha value is -1.26. The molecule has 1 heterocycles. The number of anilines is 2. The van der Waals surface area contributed by atoms with Gasteiger partial charge in [-0.05, 0) is 48.8 Å². The van der Waals surface area contributed by atoms with Crippen LogP contribution >= 0.6 is 23.5 Å². The molecule has 0 saturated heterocycles. The Labute approximate surface area is 179 Å². The first-order valence-electron chi connectivity index (χ1n) is 10.5. The van der Waals surface area contributed by atoms with E-state index in [1.807, 2.05) is 24.1 Å². The van der Waals surface area contributed by atoms with Crippen LogP contribution in [0.3, 0.4) is 0 Å². The number of hydrogen-bond donors (Lipinski definition) is 1. The summed E-state index contributed by atoms with van der Waals surface area (Å²) in [7, 11) is 0. The van der Waals surface area contributed by atoms with Gasteiger partial charge in [-0.3, -0.25) is 0 Å². The van der Waals surface area contributed by atoms with Gasteiger partial charge in [0.15, 0.2) is 0 Å². The molecule has 2 aromatic carbocycles. The van der Waals surface area contributed by atoms with E-state index in [0.29, 0.717) is 11.2 Å². The van der Waals surface area contributed by atoms with Crippen LogP contribution in [0.15, 0.2) is 52.3 Å². The van der Waals surface area contributed by atoms with Crippen LogP contribution in [0, 0.1) is 5.41 Å². The molecule has 0 spiro atoms. The van der Waals surface area contributed by atoms with Crippen molar-refractivity contribution < 1.29 is 5.11 Å². The Morgan fingerprint density at radius 3 is 2.36 bits per heavy atom. The molecular weight excluding hydrogens is 382 g/mol. The minimum absolute atomic E-state index is 0.306. The molecule has 0 atom stereocenters. The Bertz CT molecular complexity index is 755. The molecule has 0 amide bonds. The van der Waals surface area contributed by atoms with Crippen molar-refractivity contribution in [3.05, 3.63) is 42.5 Å². The molecule has 3 rings (SSSR count). The third kappa shape index (κ3) is 4.83. The Balaban J connectivity index is 2.07. The highest BCUT2D eigenvalue weighted by molar-refractivity contribution is 7.99. The topological polar surface area (TPSA) is 23.5 Å². The van der Waals surface area contributed by atoms with Crippen LogP contribution in [-0.4, -0.2) is 23.7 Å². The van der Waals surface area contributed by atoms with Gasteiger partial charge in [-0.2, -0.15) is 0 Å². The number of nitrogens with zero attached hydrogens (tertiary/aromatic N) is 1. The highest BCUT2D eigenvalue weighted by Crippen LogP contribution is 2.49. The van der Waals surface area contributed by atoms with Crippen molar-refractivity contribution >= 4 is 34.9 Å². The van der Waals surface area contributed by atoms with Gasteiger partial charge in [0, 0.05) is 22.9 Å². The van der Waals surface area contributed by atoms with Crippen molar-refractivity contribution in [1.82, 2.24) is 0 Å². The zero-order chi connectivity index (χ0) is 20.0. The minimum atomic E-state index is 0.306. The summed E-state index contributed by atoms with van der Waals surface area (Å²) in [6.07, 6.45) is 9.63.